The first-order valence-electron chi connectivity index (χ1n) is 4.69. The van der Waals surface area contributed by atoms with E-state index in [9.17, 15) is 0 Å². The maximum absolute atomic E-state index is 5.65. The van der Waals surface area contributed by atoms with Gasteiger partial charge in [-0.15, -0.1) is 0 Å². The number of rotatable bonds is 4. The van der Waals surface area contributed by atoms with E-state index >= 15 is 0 Å². The Balaban J connectivity index is 2.07. The van der Waals surface area contributed by atoms with Crippen LogP contribution >= 0.6 is 0 Å². The van der Waals surface area contributed by atoms with Gasteiger partial charge in [-0.3, -0.25) is 5.32 Å². The predicted molar refractivity (Wildman–Crippen MR) is 48.3 cm³/mol. The van der Waals surface area contributed by atoms with Gasteiger partial charge in [0.25, 0.3) is 0 Å². The molecular weight excluding hydrogens is 136 g/mol. The molecule has 1 saturated heterocycles. The van der Waals surface area contributed by atoms with Gasteiger partial charge in [-0.2, -0.15) is 0 Å². The minimum absolute atomic E-state index is 0.265. The average Bonchev–Trinajstić information content (AvgIpc) is 1.85. The quantitative estimate of drug-likeness (QED) is 0.607. The summed E-state index contributed by atoms with van der Waals surface area (Å²) in [4.78, 5) is 0. The molecule has 1 fully saturated rings. The van der Waals surface area contributed by atoms with E-state index in [0.717, 1.165) is 6.42 Å². The molecule has 1 heterocycles. The second-order valence-electron chi connectivity index (χ2n) is 3.97. The molecule has 2 heteroatoms. The highest BCUT2D eigenvalue weighted by Gasteiger charge is 2.36. The van der Waals surface area contributed by atoms with E-state index in [-0.39, 0.29) is 6.17 Å². The lowest BCUT2D eigenvalue weighted by atomic mass is 9.83. The molecule has 1 rings (SSSR count). The summed E-state index contributed by atoms with van der Waals surface area (Å²) < 4.78 is 0. The molecule has 3 N–H and O–H groups in total. The van der Waals surface area contributed by atoms with Crippen LogP contribution in [0, 0.1) is 0 Å². The minimum Gasteiger partial charge on any atom is -0.316 e. The normalized spacial score (nSPS) is 36.8. The van der Waals surface area contributed by atoms with Gasteiger partial charge in [0, 0.05) is 5.54 Å². The first kappa shape index (κ1) is 9.01. The van der Waals surface area contributed by atoms with E-state index in [0.29, 0.717) is 5.54 Å². The zero-order valence-electron chi connectivity index (χ0n) is 7.69. The second-order valence-corrected chi connectivity index (χ2v) is 3.97. The van der Waals surface area contributed by atoms with Crippen LogP contribution in [-0.4, -0.2) is 11.7 Å². The Kier molecular flexibility index (Phi) is 2.90. The van der Waals surface area contributed by atoms with Crippen molar-refractivity contribution in [3.8, 4) is 0 Å². The maximum Gasteiger partial charge on any atom is 0.0568 e. The summed E-state index contributed by atoms with van der Waals surface area (Å²) in [6.45, 7) is 4.51. The van der Waals surface area contributed by atoms with Crippen LogP contribution in [0.15, 0.2) is 0 Å². The molecule has 66 valence electrons. The molecule has 0 aromatic rings. The number of hydrogen-bond acceptors (Lipinski definition) is 2. The van der Waals surface area contributed by atoms with Gasteiger partial charge in [-0.05, 0) is 19.8 Å². The van der Waals surface area contributed by atoms with Gasteiger partial charge in [0.2, 0.25) is 0 Å². The van der Waals surface area contributed by atoms with Crippen LogP contribution in [0.5, 0.6) is 0 Å². The molecule has 0 aliphatic carbocycles. The molecule has 0 aromatic heterocycles. The monoisotopic (exact) mass is 156 g/mol. The van der Waals surface area contributed by atoms with Gasteiger partial charge in [0.15, 0.2) is 0 Å². The van der Waals surface area contributed by atoms with Gasteiger partial charge in [-0.1, -0.05) is 26.2 Å². The molecular formula is C9H20N2. The number of nitrogens with two attached hydrogens (primary N) is 1. The molecule has 1 aliphatic rings. The van der Waals surface area contributed by atoms with E-state index in [4.69, 9.17) is 5.73 Å². The van der Waals surface area contributed by atoms with Crippen molar-refractivity contribution in [2.75, 3.05) is 0 Å². The minimum atomic E-state index is 0.265. The van der Waals surface area contributed by atoms with Crippen molar-refractivity contribution in [3.05, 3.63) is 0 Å². The Morgan fingerprint density at radius 3 is 2.64 bits per heavy atom. The predicted octanol–water partition coefficient (Wildman–Crippen LogP) is 1.60. The van der Waals surface area contributed by atoms with Gasteiger partial charge < -0.3 is 5.73 Å². The van der Waals surface area contributed by atoms with Gasteiger partial charge in [0.05, 0.1) is 6.17 Å². The van der Waals surface area contributed by atoms with Crippen molar-refractivity contribution in [3.63, 3.8) is 0 Å². The largest absolute Gasteiger partial charge is 0.316 e. The molecule has 11 heavy (non-hydrogen) atoms. The van der Waals surface area contributed by atoms with Crippen molar-refractivity contribution in [1.29, 1.82) is 0 Å². The number of nitrogens with one attached hydrogen (secondary N) is 1. The zero-order chi connectivity index (χ0) is 8.32. The second kappa shape index (κ2) is 3.55. The van der Waals surface area contributed by atoms with Crippen LogP contribution in [0.2, 0.25) is 0 Å². The van der Waals surface area contributed by atoms with Crippen molar-refractivity contribution in [2.24, 2.45) is 5.73 Å². The summed E-state index contributed by atoms with van der Waals surface area (Å²) in [5, 5.41) is 3.36. The molecule has 0 saturated carbocycles. The molecule has 0 amide bonds. The Labute approximate surface area is 69.5 Å². The van der Waals surface area contributed by atoms with Crippen molar-refractivity contribution >= 4 is 0 Å². The SMILES string of the molecule is CCCCCC1(C)CC(N)N1. The van der Waals surface area contributed by atoms with E-state index in [1.165, 1.54) is 25.7 Å². The Hall–Kier alpha value is -0.0800. The third kappa shape index (κ3) is 2.46. The maximum atomic E-state index is 5.65. The van der Waals surface area contributed by atoms with E-state index in [1.54, 1.807) is 0 Å². The Morgan fingerprint density at radius 1 is 1.55 bits per heavy atom. The summed E-state index contributed by atoms with van der Waals surface area (Å²) in [5.74, 6) is 0. The molecule has 0 bridgehead atoms. The topological polar surface area (TPSA) is 38.0 Å². The molecule has 0 radical (unpaired) electrons. The van der Waals surface area contributed by atoms with Gasteiger partial charge in [0.1, 0.15) is 0 Å². The Bertz CT molecular complexity index is 117. The fourth-order valence-electron chi connectivity index (χ4n) is 1.85. The molecule has 0 spiro atoms. The van der Waals surface area contributed by atoms with Crippen molar-refractivity contribution in [1.82, 2.24) is 5.32 Å². The van der Waals surface area contributed by atoms with Crippen LogP contribution in [0.3, 0.4) is 0 Å². The fraction of sp³-hybridized carbons (Fsp3) is 1.00. The van der Waals surface area contributed by atoms with Crippen LogP contribution in [0.25, 0.3) is 0 Å². The first-order valence-corrected chi connectivity index (χ1v) is 4.69. The van der Waals surface area contributed by atoms with E-state index in [2.05, 4.69) is 19.2 Å². The highest BCUT2D eigenvalue weighted by atomic mass is 15.2. The summed E-state index contributed by atoms with van der Waals surface area (Å²) in [6, 6.07) is 0. The lowest BCUT2D eigenvalue weighted by Crippen LogP contribution is -2.65. The standard InChI is InChI=1S/C9H20N2/c1-3-4-5-6-9(2)7-8(10)11-9/h8,11H,3-7,10H2,1-2H3. The van der Waals surface area contributed by atoms with Crippen LogP contribution in [0.4, 0.5) is 0 Å². The summed E-state index contributed by atoms with van der Waals surface area (Å²) >= 11 is 0. The summed E-state index contributed by atoms with van der Waals surface area (Å²) in [6.07, 6.45) is 6.70. The van der Waals surface area contributed by atoms with Gasteiger partial charge in [-0.25, -0.2) is 0 Å². The smallest absolute Gasteiger partial charge is 0.0568 e. The number of hydrogen-bond donors (Lipinski definition) is 2. The van der Waals surface area contributed by atoms with Crippen LogP contribution < -0.4 is 11.1 Å². The lowest BCUT2D eigenvalue weighted by molar-refractivity contribution is 0.143. The highest BCUT2D eigenvalue weighted by Crippen LogP contribution is 2.27. The molecule has 0 aromatic carbocycles. The van der Waals surface area contributed by atoms with Crippen molar-refractivity contribution < 1.29 is 0 Å². The third-order valence-corrected chi connectivity index (χ3v) is 2.54. The van der Waals surface area contributed by atoms with E-state index in [1.807, 2.05) is 0 Å². The van der Waals surface area contributed by atoms with Crippen LogP contribution in [0.1, 0.15) is 46.0 Å². The number of unbranched alkanes of at least 4 members (excludes halogenated alkanes) is 2. The highest BCUT2D eigenvalue weighted by molar-refractivity contribution is 4.96. The Morgan fingerprint density at radius 2 is 2.18 bits per heavy atom. The summed E-state index contributed by atoms with van der Waals surface area (Å²) in [7, 11) is 0. The molecule has 2 unspecified atom stereocenters. The van der Waals surface area contributed by atoms with Crippen molar-refractivity contribution in [2.45, 2.75) is 57.7 Å². The molecule has 2 nitrogen and oxygen atoms in total. The summed E-state index contributed by atoms with van der Waals surface area (Å²) in [5.41, 5.74) is 6.02. The van der Waals surface area contributed by atoms with E-state index < -0.39 is 0 Å². The molecule has 2 atom stereocenters. The fourth-order valence-corrected chi connectivity index (χ4v) is 1.85. The third-order valence-electron chi connectivity index (χ3n) is 2.54. The average molecular weight is 156 g/mol. The first-order chi connectivity index (χ1) is 5.16. The zero-order valence-corrected chi connectivity index (χ0v) is 7.69. The van der Waals surface area contributed by atoms with Gasteiger partial charge >= 0.3 is 0 Å². The molecule has 1 aliphatic heterocycles. The lowest BCUT2D eigenvalue weighted by Gasteiger charge is -2.45. The van der Waals surface area contributed by atoms with Crippen LogP contribution in [-0.2, 0) is 0 Å².